The normalized spacial score (nSPS) is 11.0. The van der Waals surface area contributed by atoms with Crippen LogP contribution in [-0.2, 0) is 0 Å². The van der Waals surface area contributed by atoms with Gasteiger partial charge in [0.05, 0.1) is 16.9 Å². The second-order valence-corrected chi connectivity index (χ2v) is 11.1. The average Bonchev–Trinajstić information content (AvgIpc) is 3.22. The van der Waals surface area contributed by atoms with Crippen LogP contribution in [0.25, 0.3) is 21.3 Å². The summed E-state index contributed by atoms with van der Waals surface area (Å²) < 4.78 is 14.2. The van der Waals surface area contributed by atoms with Crippen LogP contribution in [0.2, 0.25) is 0 Å². The van der Waals surface area contributed by atoms with Crippen molar-refractivity contribution < 1.29 is 14.0 Å². The molecule has 5 aromatic rings. The summed E-state index contributed by atoms with van der Waals surface area (Å²) in [7, 11) is 0. The van der Waals surface area contributed by atoms with Crippen molar-refractivity contribution in [2.24, 2.45) is 0 Å². The zero-order valence-electron chi connectivity index (χ0n) is 21.4. The third kappa shape index (κ3) is 5.28. The maximum Gasteiger partial charge on any atom is 0.267 e. The van der Waals surface area contributed by atoms with Crippen LogP contribution in [0.15, 0.2) is 71.2 Å². The number of benzene rings is 3. The molecule has 4 N–H and O–H groups in total. The fraction of sp³-hybridized carbons (Fsp3) is 0.100. The number of hydrogen-bond acceptors (Lipinski definition) is 5. The summed E-state index contributed by atoms with van der Waals surface area (Å²) in [6.45, 7) is 5.71. The Morgan fingerprint density at radius 2 is 1.62 bits per heavy atom. The Morgan fingerprint density at radius 1 is 0.923 bits per heavy atom. The number of anilines is 3. The number of nitrogen functional groups attached to an aromatic ring is 1. The van der Waals surface area contributed by atoms with Crippen LogP contribution in [0.1, 0.15) is 36.9 Å². The highest BCUT2D eigenvalue weighted by Gasteiger charge is 2.27. The topological polar surface area (TPSA) is 97.1 Å². The molecule has 0 saturated heterocycles. The van der Waals surface area contributed by atoms with Gasteiger partial charge in [0.25, 0.3) is 11.8 Å². The molecule has 5 rings (SSSR count). The molecule has 196 valence electrons. The Morgan fingerprint density at radius 3 is 2.28 bits per heavy atom. The van der Waals surface area contributed by atoms with Crippen LogP contribution < -0.4 is 16.4 Å². The van der Waals surface area contributed by atoms with Gasteiger partial charge >= 0.3 is 0 Å². The Balaban J connectivity index is 1.66. The molecule has 0 saturated carbocycles. The van der Waals surface area contributed by atoms with E-state index in [0.29, 0.717) is 38.4 Å². The van der Waals surface area contributed by atoms with Crippen molar-refractivity contribution in [2.45, 2.75) is 20.8 Å². The molecule has 0 atom stereocenters. The van der Waals surface area contributed by atoms with Crippen LogP contribution in [0.3, 0.4) is 0 Å². The summed E-state index contributed by atoms with van der Waals surface area (Å²) in [5, 5.41) is 6.32. The number of halogens is 2. The van der Waals surface area contributed by atoms with E-state index in [1.807, 2.05) is 56.3 Å². The third-order valence-electron chi connectivity index (χ3n) is 6.36. The van der Waals surface area contributed by atoms with E-state index in [9.17, 15) is 14.0 Å². The molecule has 0 aliphatic carbocycles. The summed E-state index contributed by atoms with van der Waals surface area (Å²) >= 11 is 4.62. The maximum absolute atomic E-state index is 13.8. The van der Waals surface area contributed by atoms with Crippen molar-refractivity contribution >= 4 is 66.4 Å². The predicted molar refractivity (Wildman–Crippen MR) is 160 cm³/mol. The van der Waals surface area contributed by atoms with Crippen LogP contribution in [0.4, 0.5) is 21.5 Å². The minimum atomic E-state index is -0.442. The number of carbonyl (C=O) groups excluding carboxylic acids is 2. The van der Waals surface area contributed by atoms with Crippen molar-refractivity contribution in [2.75, 3.05) is 16.4 Å². The second-order valence-electron chi connectivity index (χ2n) is 9.21. The lowest BCUT2D eigenvalue weighted by Crippen LogP contribution is -2.17. The van der Waals surface area contributed by atoms with Gasteiger partial charge in [0.1, 0.15) is 15.5 Å². The van der Waals surface area contributed by atoms with E-state index < -0.39 is 11.7 Å². The number of amides is 2. The minimum Gasteiger partial charge on any atom is -0.397 e. The number of rotatable bonds is 5. The van der Waals surface area contributed by atoms with Gasteiger partial charge in [-0.1, -0.05) is 45.8 Å². The number of fused-ring (bicyclic) bond motifs is 1. The number of aryl methyl sites for hydroxylation is 3. The van der Waals surface area contributed by atoms with Gasteiger partial charge in [-0.3, -0.25) is 9.59 Å². The third-order valence-corrected chi connectivity index (χ3v) is 7.98. The molecule has 0 spiro atoms. The van der Waals surface area contributed by atoms with E-state index in [2.05, 4.69) is 26.6 Å². The van der Waals surface area contributed by atoms with E-state index >= 15 is 0 Å². The van der Waals surface area contributed by atoms with E-state index in [1.165, 1.54) is 24.3 Å². The van der Waals surface area contributed by atoms with Crippen molar-refractivity contribution in [3.8, 4) is 11.1 Å². The number of nitrogens with one attached hydrogen (secondary N) is 2. The van der Waals surface area contributed by atoms with Crippen molar-refractivity contribution in [3.05, 3.63) is 104 Å². The van der Waals surface area contributed by atoms with Gasteiger partial charge in [0.15, 0.2) is 0 Å². The first-order chi connectivity index (χ1) is 18.6. The molecule has 2 aromatic heterocycles. The van der Waals surface area contributed by atoms with Crippen molar-refractivity contribution in [1.29, 1.82) is 0 Å². The number of nitrogens with two attached hydrogens (primary N) is 1. The molecule has 6 nitrogen and oxygen atoms in total. The lowest BCUT2D eigenvalue weighted by Gasteiger charge is -2.16. The Kier molecular flexibility index (Phi) is 7.20. The van der Waals surface area contributed by atoms with Gasteiger partial charge in [-0.25, -0.2) is 9.37 Å². The highest BCUT2D eigenvalue weighted by Crippen LogP contribution is 2.43. The Bertz CT molecular complexity index is 1750. The molecule has 2 amide bonds. The lowest BCUT2D eigenvalue weighted by molar-refractivity contribution is 0.102. The summed E-state index contributed by atoms with van der Waals surface area (Å²) in [5.74, 6) is -1.17. The Labute approximate surface area is 237 Å². The van der Waals surface area contributed by atoms with Gasteiger partial charge in [0, 0.05) is 26.8 Å². The molecule has 2 heterocycles. The van der Waals surface area contributed by atoms with Crippen molar-refractivity contribution in [1.82, 2.24) is 4.98 Å². The first-order valence-corrected chi connectivity index (χ1v) is 13.7. The monoisotopic (exact) mass is 602 g/mol. The first-order valence-electron chi connectivity index (χ1n) is 12.1. The highest BCUT2D eigenvalue weighted by atomic mass is 79.9. The van der Waals surface area contributed by atoms with E-state index in [4.69, 9.17) is 10.7 Å². The van der Waals surface area contributed by atoms with Crippen LogP contribution in [0, 0.1) is 26.6 Å². The van der Waals surface area contributed by atoms with E-state index in [0.717, 1.165) is 32.5 Å². The molecule has 0 fully saturated rings. The highest BCUT2D eigenvalue weighted by molar-refractivity contribution is 9.10. The van der Waals surface area contributed by atoms with Crippen LogP contribution in [-0.4, -0.2) is 16.8 Å². The molecule has 9 heteroatoms. The van der Waals surface area contributed by atoms with Gasteiger partial charge in [-0.15, -0.1) is 11.3 Å². The Hall–Kier alpha value is -4.08. The molecule has 39 heavy (non-hydrogen) atoms. The number of aromatic nitrogens is 1. The number of nitrogens with zero attached hydrogens (tertiary/aromatic N) is 1. The molecule has 0 radical (unpaired) electrons. The number of thiophene rings is 1. The lowest BCUT2D eigenvalue weighted by atomic mass is 9.94. The number of pyridine rings is 1. The van der Waals surface area contributed by atoms with E-state index in [1.54, 1.807) is 6.92 Å². The summed E-state index contributed by atoms with van der Waals surface area (Å²) in [6.07, 6.45) is 0. The molecule has 0 aliphatic rings. The summed E-state index contributed by atoms with van der Waals surface area (Å²) in [4.78, 5) is 32.5. The average molecular weight is 604 g/mol. The largest absolute Gasteiger partial charge is 0.397 e. The molecule has 3 aromatic carbocycles. The van der Waals surface area contributed by atoms with Crippen LogP contribution in [0.5, 0.6) is 0 Å². The molecular weight excluding hydrogens is 579 g/mol. The zero-order valence-corrected chi connectivity index (χ0v) is 23.8. The van der Waals surface area contributed by atoms with E-state index in [-0.39, 0.29) is 16.5 Å². The summed E-state index contributed by atoms with van der Waals surface area (Å²) in [5.41, 5.74) is 12.2. The molecule has 0 bridgehead atoms. The smallest absolute Gasteiger partial charge is 0.267 e. The standard InChI is InChI=1S/C30H24BrFN4O2S/c1-15-4-13-22(16(2)14-15)36-28(37)23-17(3)34-30-25(24(23)18-5-7-19(31)8-6-18)26(33)27(39-30)29(38)35-21-11-9-20(32)10-12-21/h4-14H,33H2,1-3H3,(H,35,38)(H,36,37). The fourth-order valence-electron chi connectivity index (χ4n) is 4.48. The molecular formula is C30H24BrFN4O2S. The zero-order chi connectivity index (χ0) is 27.8. The SMILES string of the molecule is Cc1ccc(NC(=O)c2c(C)nc3sc(C(=O)Nc4ccc(F)cc4)c(N)c3c2-c2ccc(Br)cc2)c(C)c1. The second kappa shape index (κ2) is 10.6. The quantitative estimate of drug-likeness (QED) is 0.190. The minimum absolute atomic E-state index is 0.223. The van der Waals surface area contributed by atoms with Crippen molar-refractivity contribution in [3.63, 3.8) is 0 Å². The van der Waals surface area contributed by atoms with Gasteiger partial charge in [0.2, 0.25) is 0 Å². The predicted octanol–water partition coefficient (Wildman–Crippen LogP) is 7.88. The van der Waals surface area contributed by atoms with Gasteiger partial charge in [-0.05, 0) is 74.4 Å². The van der Waals surface area contributed by atoms with Gasteiger partial charge < -0.3 is 16.4 Å². The molecule has 0 unspecified atom stereocenters. The van der Waals surface area contributed by atoms with Gasteiger partial charge in [-0.2, -0.15) is 0 Å². The number of carbonyl (C=O) groups is 2. The fourth-order valence-corrected chi connectivity index (χ4v) is 5.79. The maximum atomic E-state index is 13.8. The molecule has 0 aliphatic heterocycles. The first kappa shape index (κ1) is 26.5. The summed E-state index contributed by atoms with van der Waals surface area (Å²) in [6, 6.07) is 18.8. The number of hydrogen-bond donors (Lipinski definition) is 3. The van der Waals surface area contributed by atoms with Crippen LogP contribution >= 0.6 is 27.3 Å².